The highest BCUT2D eigenvalue weighted by atomic mass is 35.5. The average Bonchev–Trinajstić information content (AvgIpc) is 3.28. The topological polar surface area (TPSA) is 70.7 Å². The van der Waals surface area contributed by atoms with Crippen molar-refractivity contribution in [1.29, 1.82) is 0 Å². The second-order valence-electron chi connectivity index (χ2n) is 7.87. The van der Waals surface area contributed by atoms with Crippen LogP contribution in [0.25, 0.3) is 0 Å². The van der Waals surface area contributed by atoms with E-state index in [1.165, 1.54) is 18.4 Å². The summed E-state index contributed by atoms with van der Waals surface area (Å²) < 4.78 is 5.42. The molecule has 3 aromatic rings. The number of methoxy groups -OCH3 is 1. The molecule has 1 aliphatic carbocycles. The first-order valence-electron chi connectivity index (χ1n) is 10.7. The summed E-state index contributed by atoms with van der Waals surface area (Å²) in [4.78, 5) is 29.7. The number of para-hydroxylation sites is 2. The Morgan fingerprint density at radius 3 is 2.82 bits per heavy atom. The normalized spacial score (nSPS) is 17.6. The lowest BCUT2D eigenvalue weighted by molar-refractivity contribution is -0.116. The van der Waals surface area contributed by atoms with Crippen molar-refractivity contribution >= 4 is 51.8 Å². The third-order valence-corrected chi connectivity index (χ3v) is 7.03. The van der Waals surface area contributed by atoms with Crippen LogP contribution in [0.3, 0.4) is 0 Å². The number of fused-ring (bicyclic) bond motifs is 1. The first-order chi connectivity index (χ1) is 16.1. The van der Waals surface area contributed by atoms with E-state index in [4.69, 9.17) is 16.3 Å². The minimum Gasteiger partial charge on any atom is -0.495 e. The Hall–Kier alpha value is -3.29. The highest BCUT2D eigenvalue weighted by Gasteiger charge is 2.40. The lowest BCUT2D eigenvalue weighted by Gasteiger charge is -2.33. The molecule has 1 atom stereocenters. The fraction of sp³-hybridized carbons (Fsp3) is 0.200. The van der Waals surface area contributed by atoms with E-state index in [1.807, 2.05) is 41.8 Å². The number of anilines is 3. The summed E-state index contributed by atoms with van der Waals surface area (Å²) >= 11 is 7.72. The summed E-state index contributed by atoms with van der Waals surface area (Å²) in [5.41, 5.74) is 3.46. The molecule has 0 fully saturated rings. The molecule has 6 nitrogen and oxygen atoms in total. The number of hydrogen-bond acceptors (Lipinski definition) is 5. The van der Waals surface area contributed by atoms with E-state index in [2.05, 4.69) is 10.6 Å². The van der Waals surface area contributed by atoms with Gasteiger partial charge in [-0.3, -0.25) is 9.69 Å². The highest BCUT2D eigenvalue weighted by molar-refractivity contribution is 7.10. The molecule has 0 unspecified atom stereocenters. The fourth-order valence-electron chi connectivity index (χ4n) is 4.43. The Balaban J connectivity index is 1.67. The quantitative estimate of drug-likeness (QED) is 0.442. The number of rotatable bonds is 3. The van der Waals surface area contributed by atoms with Crippen molar-refractivity contribution in [2.75, 3.05) is 22.6 Å². The van der Waals surface area contributed by atoms with Gasteiger partial charge >= 0.3 is 6.03 Å². The summed E-state index contributed by atoms with van der Waals surface area (Å²) in [7, 11) is 1.54. The van der Waals surface area contributed by atoms with Gasteiger partial charge in [0.1, 0.15) is 11.8 Å². The van der Waals surface area contributed by atoms with Gasteiger partial charge in [0, 0.05) is 27.6 Å². The number of benzene rings is 2. The van der Waals surface area contributed by atoms with Crippen molar-refractivity contribution in [3.63, 3.8) is 0 Å². The van der Waals surface area contributed by atoms with Crippen LogP contribution in [0.1, 0.15) is 30.2 Å². The van der Waals surface area contributed by atoms with Crippen LogP contribution >= 0.6 is 22.9 Å². The van der Waals surface area contributed by atoms with Gasteiger partial charge in [-0.05, 0) is 54.6 Å². The number of nitrogens with zero attached hydrogens (tertiary/aromatic N) is 1. The molecule has 0 bridgehead atoms. The summed E-state index contributed by atoms with van der Waals surface area (Å²) in [6, 6.07) is 15.7. The molecular formula is C25H22ClN3O3S. The molecule has 0 spiro atoms. The predicted molar refractivity (Wildman–Crippen MR) is 133 cm³/mol. The number of thiophene rings is 1. The van der Waals surface area contributed by atoms with Gasteiger partial charge in [0.2, 0.25) is 0 Å². The van der Waals surface area contributed by atoms with Crippen LogP contribution in [-0.4, -0.2) is 18.9 Å². The number of allylic oxidation sites excluding steroid dienone is 1. The molecule has 1 aliphatic heterocycles. The lowest BCUT2D eigenvalue weighted by atomic mass is 9.88. The van der Waals surface area contributed by atoms with Crippen LogP contribution in [0, 0.1) is 0 Å². The minimum atomic E-state index is -0.547. The molecule has 1 aromatic heterocycles. The van der Waals surface area contributed by atoms with Crippen LogP contribution in [0.15, 0.2) is 71.2 Å². The fourth-order valence-corrected chi connectivity index (χ4v) is 5.42. The zero-order chi connectivity index (χ0) is 22.9. The van der Waals surface area contributed by atoms with E-state index in [1.54, 1.807) is 23.1 Å². The monoisotopic (exact) mass is 479 g/mol. The Bertz CT molecular complexity index is 1260. The van der Waals surface area contributed by atoms with Crippen molar-refractivity contribution < 1.29 is 14.3 Å². The van der Waals surface area contributed by atoms with Gasteiger partial charge in [0.05, 0.1) is 24.2 Å². The number of amides is 2. The Morgan fingerprint density at radius 2 is 2.03 bits per heavy atom. The molecule has 5 rings (SSSR count). The first kappa shape index (κ1) is 21.6. The maximum absolute atomic E-state index is 13.9. The average molecular weight is 480 g/mol. The number of carbonyl (C=O) groups is 2. The lowest BCUT2D eigenvalue weighted by Crippen LogP contribution is -2.40. The number of hydrogen-bond donors (Lipinski definition) is 2. The molecule has 2 N–H and O–H groups in total. The molecule has 2 aliphatic rings. The second kappa shape index (κ2) is 8.92. The zero-order valence-corrected chi connectivity index (χ0v) is 19.5. The van der Waals surface area contributed by atoms with Crippen LogP contribution < -0.4 is 20.3 Å². The van der Waals surface area contributed by atoms with Gasteiger partial charge in [0.25, 0.3) is 0 Å². The number of nitrogens with one attached hydrogen (secondary N) is 2. The minimum absolute atomic E-state index is 0.0630. The van der Waals surface area contributed by atoms with Gasteiger partial charge in [-0.15, -0.1) is 11.3 Å². The Labute approximate surface area is 200 Å². The Morgan fingerprint density at radius 1 is 1.18 bits per heavy atom. The molecule has 2 amide bonds. The van der Waals surface area contributed by atoms with Gasteiger partial charge in [-0.1, -0.05) is 29.8 Å². The number of ether oxygens (including phenoxy) is 1. The number of halogens is 1. The molecule has 33 heavy (non-hydrogen) atoms. The Kier molecular flexibility index (Phi) is 5.83. The summed E-state index contributed by atoms with van der Waals surface area (Å²) in [6.07, 6.45) is 2.01. The SMILES string of the molecule is COc1ccc(Cl)cc1NC(=O)N1c2ccccc2NC2=C(C(=O)CCC2)[C@H]1c1cccs1. The van der Waals surface area contributed by atoms with Gasteiger partial charge in [-0.25, -0.2) is 4.79 Å². The third kappa shape index (κ3) is 3.98. The largest absolute Gasteiger partial charge is 0.495 e. The summed E-state index contributed by atoms with van der Waals surface area (Å²) in [6.45, 7) is 0. The van der Waals surface area contributed by atoms with Crippen molar-refractivity contribution in [2.45, 2.75) is 25.3 Å². The second-order valence-corrected chi connectivity index (χ2v) is 9.29. The smallest absolute Gasteiger partial charge is 0.327 e. The van der Waals surface area contributed by atoms with Crippen molar-refractivity contribution in [2.24, 2.45) is 0 Å². The number of Topliss-reactive ketones (excluding diaryl/α,β-unsaturated/α-hetero) is 1. The van der Waals surface area contributed by atoms with E-state index in [0.29, 0.717) is 34.1 Å². The predicted octanol–water partition coefficient (Wildman–Crippen LogP) is 6.62. The maximum atomic E-state index is 13.9. The molecule has 8 heteroatoms. The molecule has 168 valence electrons. The van der Waals surface area contributed by atoms with E-state index in [-0.39, 0.29) is 11.8 Å². The van der Waals surface area contributed by atoms with Gasteiger partial charge in [0.15, 0.2) is 5.78 Å². The van der Waals surface area contributed by atoms with E-state index < -0.39 is 6.04 Å². The van der Waals surface area contributed by atoms with Crippen molar-refractivity contribution in [3.8, 4) is 5.75 Å². The van der Waals surface area contributed by atoms with Crippen molar-refractivity contribution in [1.82, 2.24) is 0 Å². The third-order valence-electron chi connectivity index (χ3n) is 5.87. The van der Waals surface area contributed by atoms with Gasteiger partial charge < -0.3 is 15.4 Å². The number of carbonyl (C=O) groups excluding carboxylic acids is 2. The first-order valence-corrected chi connectivity index (χ1v) is 11.9. The van der Waals surface area contributed by atoms with Crippen LogP contribution in [-0.2, 0) is 4.79 Å². The zero-order valence-electron chi connectivity index (χ0n) is 17.9. The van der Waals surface area contributed by atoms with Crippen molar-refractivity contribution in [3.05, 3.63) is 81.1 Å². The molecule has 2 aromatic carbocycles. The molecular weight excluding hydrogens is 458 g/mol. The standard InChI is InChI=1S/C25H22ClN3O3S/c1-32-21-12-11-15(26)14-18(21)28-25(31)29-19-8-3-2-6-16(19)27-17-7-4-9-20(30)23(17)24(29)22-10-5-13-33-22/h2-3,5-6,8,10-14,24,27H,4,7,9H2,1H3,(H,28,31)/t24-/m1/s1. The van der Waals surface area contributed by atoms with Gasteiger partial charge in [-0.2, -0.15) is 0 Å². The van der Waals surface area contributed by atoms with Crippen LogP contribution in [0.4, 0.5) is 21.9 Å². The molecule has 0 radical (unpaired) electrons. The van der Waals surface area contributed by atoms with Crippen LogP contribution in [0.5, 0.6) is 5.75 Å². The maximum Gasteiger partial charge on any atom is 0.327 e. The molecule has 0 saturated carbocycles. The van der Waals surface area contributed by atoms with E-state index in [9.17, 15) is 9.59 Å². The number of ketones is 1. The summed E-state index contributed by atoms with van der Waals surface area (Å²) in [5.74, 6) is 0.559. The molecule has 0 saturated heterocycles. The number of urea groups is 1. The van der Waals surface area contributed by atoms with E-state index >= 15 is 0 Å². The van der Waals surface area contributed by atoms with E-state index in [0.717, 1.165) is 29.1 Å². The summed E-state index contributed by atoms with van der Waals surface area (Å²) in [5, 5.41) is 8.86. The van der Waals surface area contributed by atoms with Crippen LogP contribution in [0.2, 0.25) is 5.02 Å². The highest BCUT2D eigenvalue weighted by Crippen LogP contribution is 2.46. The molecule has 2 heterocycles.